The molecule has 0 unspecified atom stereocenters. The molecule has 22 heavy (non-hydrogen) atoms. The van der Waals surface area contributed by atoms with E-state index in [0.717, 1.165) is 12.0 Å². The van der Waals surface area contributed by atoms with E-state index in [1.165, 1.54) is 11.8 Å². The highest BCUT2D eigenvalue weighted by Gasteiger charge is 2.11. The molecule has 1 aromatic heterocycles. The number of carbonyl (C=O) groups excluding carboxylic acids is 1. The first kappa shape index (κ1) is 16.1. The van der Waals surface area contributed by atoms with Crippen LogP contribution in [-0.4, -0.2) is 33.0 Å². The van der Waals surface area contributed by atoms with E-state index in [1.807, 2.05) is 30.3 Å². The summed E-state index contributed by atoms with van der Waals surface area (Å²) in [5, 5.41) is 9.60. The maximum Gasteiger partial charge on any atom is 0.343 e. The number of aromatic amines is 1. The summed E-state index contributed by atoms with van der Waals surface area (Å²) in [4.78, 5) is 23.4. The molecule has 0 atom stereocenters. The van der Waals surface area contributed by atoms with Gasteiger partial charge in [0.25, 0.3) is 0 Å². The zero-order valence-corrected chi connectivity index (χ0v) is 12.9. The van der Waals surface area contributed by atoms with Gasteiger partial charge in [-0.1, -0.05) is 48.2 Å². The third kappa shape index (κ3) is 4.63. The standard InChI is InChI=1S/C15H18N4O2S/c1-2-9-16-13(20)11-22-15-18-17-14(21)19(15)10-8-12-6-4-3-5-7-12/h2-7H,1,8-11H2,(H,16,20)(H,17,21). The van der Waals surface area contributed by atoms with Crippen LogP contribution in [0.15, 0.2) is 52.9 Å². The van der Waals surface area contributed by atoms with Gasteiger partial charge < -0.3 is 5.32 Å². The Bertz CT molecular complexity index is 678. The van der Waals surface area contributed by atoms with E-state index in [9.17, 15) is 9.59 Å². The van der Waals surface area contributed by atoms with Crippen molar-refractivity contribution in [3.63, 3.8) is 0 Å². The number of aromatic nitrogens is 3. The fourth-order valence-corrected chi connectivity index (χ4v) is 2.67. The monoisotopic (exact) mass is 318 g/mol. The summed E-state index contributed by atoms with van der Waals surface area (Å²) in [5.41, 5.74) is 0.889. The Balaban J connectivity index is 1.94. The molecule has 0 fully saturated rings. The van der Waals surface area contributed by atoms with Crippen molar-refractivity contribution in [1.29, 1.82) is 0 Å². The summed E-state index contributed by atoms with van der Waals surface area (Å²) in [7, 11) is 0. The lowest BCUT2D eigenvalue weighted by Crippen LogP contribution is -2.25. The van der Waals surface area contributed by atoms with Crippen LogP contribution < -0.4 is 11.0 Å². The Morgan fingerprint density at radius 3 is 2.91 bits per heavy atom. The first-order valence-corrected chi connectivity index (χ1v) is 7.89. The molecule has 1 amide bonds. The second kappa shape index (κ2) is 8.23. The SMILES string of the molecule is C=CCNC(=O)CSc1n[nH]c(=O)n1CCc1ccccc1. The van der Waals surface area contributed by atoms with Crippen molar-refractivity contribution in [1.82, 2.24) is 20.1 Å². The number of H-pyrrole nitrogens is 1. The van der Waals surface area contributed by atoms with Crippen LogP contribution in [0.3, 0.4) is 0 Å². The van der Waals surface area contributed by atoms with Gasteiger partial charge in [0, 0.05) is 13.1 Å². The van der Waals surface area contributed by atoms with Gasteiger partial charge in [-0.25, -0.2) is 9.89 Å². The molecule has 0 radical (unpaired) electrons. The Labute approximate surface area is 132 Å². The summed E-state index contributed by atoms with van der Waals surface area (Å²) in [5.74, 6) is 0.0960. The molecule has 0 saturated carbocycles. The van der Waals surface area contributed by atoms with Gasteiger partial charge in [0.1, 0.15) is 0 Å². The Hall–Kier alpha value is -2.28. The minimum atomic E-state index is -0.259. The number of thioether (sulfide) groups is 1. The molecule has 7 heteroatoms. The second-order valence-electron chi connectivity index (χ2n) is 4.58. The molecule has 2 aromatic rings. The molecule has 6 nitrogen and oxygen atoms in total. The van der Waals surface area contributed by atoms with Gasteiger partial charge in [0.05, 0.1) is 5.75 Å². The van der Waals surface area contributed by atoms with Crippen molar-refractivity contribution in [3.05, 3.63) is 59.0 Å². The fraction of sp³-hybridized carbons (Fsp3) is 0.267. The molecule has 0 saturated heterocycles. The number of aryl methyl sites for hydroxylation is 1. The summed E-state index contributed by atoms with van der Waals surface area (Å²) >= 11 is 1.24. The zero-order chi connectivity index (χ0) is 15.8. The average Bonchev–Trinajstić information content (AvgIpc) is 2.90. The molecular weight excluding hydrogens is 300 g/mol. The molecule has 1 aromatic carbocycles. The normalized spacial score (nSPS) is 10.4. The number of carbonyl (C=O) groups is 1. The first-order chi connectivity index (χ1) is 10.7. The summed E-state index contributed by atoms with van der Waals surface area (Å²) in [6.45, 7) is 4.49. The summed E-state index contributed by atoms with van der Waals surface area (Å²) < 4.78 is 1.55. The van der Waals surface area contributed by atoms with E-state index >= 15 is 0 Å². The van der Waals surface area contributed by atoms with Crippen molar-refractivity contribution in [2.45, 2.75) is 18.1 Å². The Kier molecular flexibility index (Phi) is 6.02. The van der Waals surface area contributed by atoms with Gasteiger partial charge in [0.15, 0.2) is 5.16 Å². The smallest absolute Gasteiger partial charge is 0.343 e. The number of nitrogens with one attached hydrogen (secondary N) is 2. The van der Waals surface area contributed by atoms with Gasteiger partial charge in [0.2, 0.25) is 5.91 Å². The second-order valence-corrected chi connectivity index (χ2v) is 5.52. The van der Waals surface area contributed by atoms with E-state index in [4.69, 9.17) is 0 Å². The largest absolute Gasteiger partial charge is 0.352 e. The quantitative estimate of drug-likeness (QED) is 0.566. The van der Waals surface area contributed by atoms with Crippen molar-refractivity contribution < 1.29 is 4.79 Å². The van der Waals surface area contributed by atoms with E-state index in [2.05, 4.69) is 22.1 Å². The van der Waals surface area contributed by atoms with Crippen LogP contribution in [0.5, 0.6) is 0 Å². The van der Waals surface area contributed by atoms with Crippen molar-refractivity contribution >= 4 is 17.7 Å². The molecule has 1 heterocycles. The third-order valence-electron chi connectivity index (χ3n) is 2.97. The molecule has 0 aliphatic heterocycles. The Morgan fingerprint density at radius 2 is 2.18 bits per heavy atom. The predicted octanol–water partition coefficient (Wildman–Crippen LogP) is 1.21. The lowest BCUT2D eigenvalue weighted by molar-refractivity contribution is -0.118. The molecule has 0 spiro atoms. The number of nitrogens with zero attached hydrogens (tertiary/aromatic N) is 2. The van der Waals surface area contributed by atoms with E-state index in [1.54, 1.807) is 10.6 Å². The highest BCUT2D eigenvalue weighted by Crippen LogP contribution is 2.13. The van der Waals surface area contributed by atoms with E-state index in [0.29, 0.717) is 18.2 Å². The highest BCUT2D eigenvalue weighted by molar-refractivity contribution is 7.99. The van der Waals surface area contributed by atoms with Gasteiger partial charge in [-0.2, -0.15) is 0 Å². The molecule has 0 bridgehead atoms. The van der Waals surface area contributed by atoms with Crippen LogP contribution in [-0.2, 0) is 17.8 Å². The molecular formula is C15H18N4O2S. The van der Waals surface area contributed by atoms with E-state index < -0.39 is 0 Å². The lowest BCUT2D eigenvalue weighted by atomic mass is 10.1. The number of amides is 1. The van der Waals surface area contributed by atoms with E-state index in [-0.39, 0.29) is 17.3 Å². The zero-order valence-electron chi connectivity index (χ0n) is 12.1. The molecule has 0 aliphatic rings. The van der Waals surface area contributed by atoms with Crippen LogP contribution in [0.1, 0.15) is 5.56 Å². The first-order valence-electron chi connectivity index (χ1n) is 6.90. The fourth-order valence-electron chi connectivity index (χ4n) is 1.86. The maximum atomic E-state index is 11.8. The summed E-state index contributed by atoms with van der Waals surface area (Å²) in [6.07, 6.45) is 2.35. The van der Waals surface area contributed by atoms with Gasteiger partial charge in [-0.05, 0) is 12.0 Å². The van der Waals surface area contributed by atoms with Crippen LogP contribution in [0, 0.1) is 0 Å². The van der Waals surface area contributed by atoms with Gasteiger partial charge in [-0.15, -0.1) is 11.7 Å². The minimum absolute atomic E-state index is 0.116. The third-order valence-corrected chi connectivity index (χ3v) is 3.94. The predicted molar refractivity (Wildman–Crippen MR) is 86.9 cm³/mol. The van der Waals surface area contributed by atoms with Crippen LogP contribution in [0.4, 0.5) is 0 Å². The molecule has 116 valence electrons. The number of rotatable bonds is 8. The van der Waals surface area contributed by atoms with Gasteiger partial charge in [-0.3, -0.25) is 9.36 Å². The minimum Gasteiger partial charge on any atom is -0.352 e. The molecule has 0 aliphatic carbocycles. The van der Waals surface area contributed by atoms with Crippen LogP contribution >= 0.6 is 11.8 Å². The number of hydrogen-bond donors (Lipinski definition) is 2. The molecule has 2 N–H and O–H groups in total. The number of benzene rings is 1. The Morgan fingerprint density at radius 1 is 1.41 bits per heavy atom. The highest BCUT2D eigenvalue weighted by atomic mass is 32.2. The molecule has 2 rings (SSSR count). The van der Waals surface area contributed by atoms with Gasteiger partial charge >= 0.3 is 5.69 Å². The topological polar surface area (TPSA) is 79.8 Å². The van der Waals surface area contributed by atoms with Crippen LogP contribution in [0.2, 0.25) is 0 Å². The summed E-state index contributed by atoms with van der Waals surface area (Å²) in [6, 6.07) is 9.91. The average molecular weight is 318 g/mol. The van der Waals surface area contributed by atoms with Crippen LogP contribution in [0.25, 0.3) is 0 Å². The van der Waals surface area contributed by atoms with Crippen molar-refractivity contribution in [2.24, 2.45) is 0 Å². The van der Waals surface area contributed by atoms with Crippen molar-refractivity contribution in [2.75, 3.05) is 12.3 Å². The maximum absolute atomic E-state index is 11.8. The van der Waals surface area contributed by atoms with Crippen molar-refractivity contribution in [3.8, 4) is 0 Å². The number of hydrogen-bond acceptors (Lipinski definition) is 4. The lowest BCUT2D eigenvalue weighted by Gasteiger charge is -2.06.